The Kier molecular flexibility index (Phi) is 3.19. The van der Waals surface area contributed by atoms with E-state index in [-0.39, 0.29) is 18.5 Å². The molecular weight excluding hydrogens is 157 g/mol. The van der Waals surface area contributed by atoms with E-state index in [1.165, 1.54) is 12.1 Å². The van der Waals surface area contributed by atoms with Crippen molar-refractivity contribution in [1.29, 1.82) is 0 Å². The Balaban J connectivity index is 2.63. The fourth-order valence-corrected chi connectivity index (χ4v) is 1.03. The van der Waals surface area contributed by atoms with Gasteiger partial charge in [0, 0.05) is 6.04 Å². The topological polar surface area (TPSA) is 46.2 Å². The highest BCUT2D eigenvalue weighted by Crippen LogP contribution is 2.05. The van der Waals surface area contributed by atoms with Crippen LogP contribution in [-0.4, -0.2) is 17.8 Å². The van der Waals surface area contributed by atoms with Gasteiger partial charge in [-0.05, 0) is 24.1 Å². The Morgan fingerprint density at radius 1 is 1.50 bits per heavy atom. The van der Waals surface area contributed by atoms with Crippen LogP contribution in [0.1, 0.15) is 5.56 Å². The highest BCUT2D eigenvalue weighted by Gasteiger charge is 2.02. The van der Waals surface area contributed by atoms with Gasteiger partial charge in [0.05, 0.1) is 6.61 Å². The molecule has 1 atom stereocenters. The van der Waals surface area contributed by atoms with Crippen LogP contribution in [0, 0.1) is 5.82 Å². The van der Waals surface area contributed by atoms with E-state index in [1.807, 2.05) is 0 Å². The van der Waals surface area contributed by atoms with Gasteiger partial charge in [0.1, 0.15) is 5.82 Å². The Bertz CT molecular complexity index is 252. The summed E-state index contributed by atoms with van der Waals surface area (Å²) in [4.78, 5) is 0. The Morgan fingerprint density at radius 2 is 2.25 bits per heavy atom. The van der Waals surface area contributed by atoms with E-state index >= 15 is 0 Å². The summed E-state index contributed by atoms with van der Waals surface area (Å²) in [5, 5.41) is 8.65. The van der Waals surface area contributed by atoms with Gasteiger partial charge in [-0.15, -0.1) is 0 Å². The lowest BCUT2D eigenvalue weighted by Gasteiger charge is -2.07. The third-order valence-corrected chi connectivity index (χ3v) is 1.62. The van der Waals surface area contributed by atoms with E-state index in [4.69, 9.17) is 10.8 Å². The van der Waals surface area contributed by atoms with Crippen LogP contribution in [0.15, 0.2) is 24.3 Å². The minimum Gasteiger partial charge on any atom is -0.395 e. The molecule has 0 aliphatic rings. The molecule has 66 valence electrons. The van der Waals surface area contributed by atoms with Crippen LogP contribution in [0.5, 0.6) is 0 Å². The Hall–Kier alpha value is -0.930. The summed E-state index contributed by atoms with van der Waals surface area (Å²) in [6.07, 6.45) is 0.508. The number of hydrogen-bond donors (Lipinski definition) is 2. The predicted octanol–water partition coefficient (Wildman–Crippen LogP) is 0.688. The maximum Gasteiger partial charge on any atom is 0.123 e. The van der Waals surface area contributed by atoms with E-state index < -0.39 is 0 Å². The smallest absolute Gasteiger partial charge is 0.123 e. The third-order valence-electron chi connectivity index (χ3n) is 1.62. The van der Waals surface area contributed by atoms with Gasteiger partial charge in [-0.25, -0.2) is 4.39 Å². The first-order valence-corrected chi connectivity index (χ1v) is 3.83. The second kappa shape index (κ2) is 4.18. The number of benzene rings is 1. The molecule has 0 aliphatic carbocycles. The molecule has 0 saturated heterocycles. The molecule has 0 amide bonds. The Labute approximate surface area is 70.8 Å². The highest BCUT2D eigenvalue weighted by atomic mass is 19.1. The average molecular weight is 169 g/mol. The first kappa shape index (κ1) is 9.16. The van der Waals surface area contributed by atoms with Crippen LogP contribution >= 0.6 is 0 Å². The maximum atomic E-state index is 12.6. The lowest BCUT2D eigenvalue weighted by Crippen LogP contribution is -2.26. The molecule has 0 bridgehead atoms. The first-order chi connectivity index (χ1) is 5.72. The van der Waals surface area contributed by atoms with E-state index in [9.17, 15) is 4.39 Å². The van der Waals surface area contributed by atoms with Crippen LogP contribution < -0.4 is 5.73 Å². The van der Waals surface area contributed by atoms with Crippen LogP contribution in [-0.2, 0) is 6.42 Å². The van der Waals surface area contributed by atoms with Gasteiger partial charge in [0.2, 0.25) is 0 Å². The second-order valence-corrected chi connectivity index (χ2v) is 2.78. The second-order valence-electron chi connectivity index (χ2n) is 2.78. The van der Waals surface area contributed by atoms with Gasteiger partial charge >= 0.3 is 0 Å². The number of halogens is 1. The molecule has 3 N–H and O–H groups in total. The molecule has 0 unspecified atom stereocenters. The summed E-state index contributed by atoms with van der Waals surface area (Å²) in [5.74, 6) is -0.266. The van der Waals surface area contributed by atoms with Crippen molar-refractivity contribution >= 4 is 0 Å². The van der Waals surface area contributed by atoms with Crippen molar-refractivity contribution in [2.45, 2.75) is 12.5 Å². The fraction of sp³-hybridized carbons (Fsp3) is 0.333. The lowest BCUT2D eigenvalue weighted by atomic mass is 10.1. The minimum absolute atomic E-state index is 0.0729. The fourth-order valence-electron chi connectivity index (χ4n) is 1.03. The quantitative estimate of drug-likeness (QED) is 0.699. The zero-order chi connectivity index (χ0) is 8.97. The van der Waals surface area contributed by atoms with Gasteiger partial charge in [-0.2, -0.15) is 0 Å². The molecule has 0 aliphatic heterocycles. The maximum absolute atomic E-state index is 12.6. The van der Waals surface area contributed by atoms with Gasteiger partial charge in [0.25, 0.3) is 0 Å². The summed E-state index contributed by atoms with van der Waals surface area (Å²) in [7, 11) is 0. The highest BCUT2D eigenvalue weighted by molar-refractivity contribution is 5.17. The summed E-state index contributed by atoms with van der Waals surface area (Å²) >= 11 is 0. The van der Waals surface area contributed by atoms with E-state index in [0.717, 1.165) is 5.56 Å². The standard InChI is InChI=1S/C9H12FNO/c10-8-3-1-2-7(4-8)5-9(11)6-12/h1-4,9,12H,5-6,11H2/t9-/m0/s1. The Morgan fingerprint density at radius 3 is 2.83 bits per heavy atom. The number of aliphatic hydroxyl groups is 1. The number of aliphatic hydroxyl groups excluding tert-OH is 1. The summed E-state index contributed by atoms with van der Waals surface area (Å²) < 4.78 is 12.6. The SMILES string of the molecule is N[C@H](CO)Cc1cccc(F)c1. The number of nitrogens with two attached hydrogens (primary N) is 1. The summed E-state index contributed by atoms with van der Waals surface area (Å²) in [6.45, 7) is -0.0729. The zero-order valence-corrected chi connectivity index (χ0v) is 6.70. The predicted molar refractivity (Wildman–Crippen MR) is 45.2 cm³/mol. The number of hydrogen-bond acceptors (Lipinski definition) is 2. The molecule has 0 saturated carbocycles. The molecule has 0 heterocycles. The van der Waals surface area contributed by atoms with Gasteiger partial charge in [0.15, 0.2) is 0 Å². The molecule has 0 radical (unpaired) electrons. The van der Waals surface area contributed by atoms with Crippen molar-refractivity contribution in [3.8, 4) is 0 Å². The van der Waals surface area contributed by atoms with Crippen molar-refractivity contribution in [1.82, 2.24) is 0 Å². The lowest BCUT2D eigenvalue weighted by molar-refractivity contribution is 0.265. The van der Waals surface area contributed by atoms with Gasteiger partial charge in [-0.3, -0.25) is 0 Å². The van der Waals surface area contributed by atoms with Gasteiger partial charge in [-0.1, -0.05) is 12.1 Å². The van der Waals surface area contributed by atoms with Gasteiger partial charge < -0.3 is 10.8 Å². The van der Waals surface area contributed by atoms with Crippen molar-refractivity contribution in [3.05, 3.63) is 35.6 Å². The third kappa shape index (κ3) is 2.60. The average Bonchev–Trinajstić information content (AvgIpc) is 2.04. The normalized spacial score (nSPS) is 12.9. The molecule has 3 heteroatoms. The molecule has 1 aromatic rings. The molecule has 0 fully saturated rings. The molecule has 2 nitrogen and oxygen atoms in total. The molecule has 12 heavy (non-hydrogen) atoms. The largest absolute Gasteiger partial charge is 0.395 e. The number of rotatable bonds is 3. The zero-order valence-electron chi connectivity index (χ0n) is 6.70. The molecule has 1 aromatic carbocycles. The molecule has 0 aromatic heterocycles. The minimum atomic E-state index is -0.299. The monoisotopic (exact) mass is 169 g/mol. The van der Waals surface area contributed by atoms with Crippen LogP contribution in [0.4, 0.5) is 4.39 Å². The first-order valence-electron chi connectivity index (χ1n) is 3.83. The molecule has 0 spiro atoms. The van der Waals surface area contributed by atoms with Crippen molar-refractivity contribution in [2.75, 3.05) is 6.61 Å². The van der Waals surface area contributed by atoms with E-state index in [1.54, 1.807) is 12.1 Å². The summed E-state index contributed by atoms with van der Waals surface area (Å²) in [6, 6.07) is 5.93. The van der Waals surface area contributed by atoms with E-state index in [2.05, 4.69) is 0 Å². The van der Waals surface area contributed by atoms with Crippen molar-refractivity contribution in [3.63, 3.8) is 0 Å². The van der Waals surface area contributed by atoms with Crippen molar-refractivity contribution < 1.29 is 9.50 Å². The summed E-state index contributed by atoms with van der Waals surface area (Å²) in [5.41, 5.74) is 6.30. The van der Waals surface area contributed by atoms with Crippen LogP contribution in [0.25, 0.3) is 0 Å². The molecule has 1 rings (SSSR count). The van der Waals surface area contributed by atoms with E-state index in [0.29, 0.717) is 6.42 Å². The molecular formula is C9H12FNO. The van der Waals surface area contributed by atoms with Crippen LogP contribution in [0.2, 0.25) is 0 Å². The van der Waals surface area contributed by atoms with Crippen molar-refractivity contribution in [2.24, 2.45) is 5.73 Å². The van der Waals surface area contributed by atoms with Crippen LogP contribution in [0.3, 0.4) is 0 Å².